The molecule has 5 heteroatoms. The molecule has 0 bridgehead atoms. The molecule has 1 aromatic rings. The minimum Gasteiger partial charge on any atom is -0.389 e. The van der Waals surface area contributed by atoms with Gasteiger partial charge < -0.3 is 16.0 Å². The van der Waals surface area contributed by atoms with Crippen LogP contribution in [0.1, 0.15) is 24.8 Å². The van der Waals surface area contributed by atoms with Crippen LogP contribution in [-0.2, 0) is 0 Å². The summed E-state index contributed by atoms with van der Waals surface area (Å²) in [5.74, 6) is -0.370. The maximum Gasteiger partial charge on any atom is 0.135 e. The maximum absolute atomic E-state index is 13.8. The third kappa shape index (κ3) is 2.72. The Labute approximate surface area is 119 Å². The molecule has 0 aromatic heterocycles. The molecule has 3 N–H and O–H groups in total. The molecule has 0 unspecified atom stereocenters. The van der Waals surface area contributed by atoms with Gasteiger partial charge in [0.05, 0.1) is 5.56 Å². The van der Waals surface area contributed by atoms with Crippen LogP contribution in [0.15, 0.2) is 18.2 Å². The van der Waals surface area contributed by atoms with E-state index in [0.717, 1.165) is 19.4 Å². The molecule has 0 atom stereocenters. The van der Waals surface area contributed by atoms with Crippen LogP contribution < -0.4 is 11.1 Å². The number of thiocarbonyl (C=S) groups is 1. The van der Waals surface area contributed by atoms with Gasteiger partial charge in [0.25, 0.3) is 0 Å². The Morgan fingerprint density at radius 2 is 2.16 bits per heavy atom. The second-order valence-electron chi connectivity index (χ2n) is 5.35. The molecular formula is C14H20FN3S. The lowest BCUT2D eigenvalue weighted by Crippen LogP contribution is -2.54. The second-order valence-corrected chi connectivity index (χ2v) is 5.79. The number of nitrogens with one attached hydrogen (secondary N) is 1. The standard InChI is InChI=1S/C14H20FN3S/c1-18(2)14(7-4-8-14)9-17-11-6-3-5-10(15)12(11)13(16)19/h3,5-6,17H,4,7-9H2,1-2H3,(H2,16,19). The highest BCUT2D eigenvalue weighted by Gasteiger charge is 2.38. The van der Waals surface area contributed by atoms with Crippen molar-refractivity contribution in [3.63, 3.8) is 0 Å². The number of likely N-dealkylation sites (N-methyl/N-ethyl adjacent to an activating group) is 1. The molecular weight excluding hydrogens is 261 g/mol. The average molecular weight is 281 g/mol. The van der Waals surface area contributed by atoms with Crippen LogP contribution in [-0.4, -0.2) is 36.1 Å². The van der Waals surface area contributed by atoms with Gasteiger partial charge in [0.2, 0.25) is 0 Å². The van der Waals surface area contributed by atoms with Gasteiger partial charge in [-0.25, -0.2) is 4.39 Å². The number of anilines is 1. The Balaban J connectivity index is 2.16. The molecule has 0 radical (unpaired) electrons. The van der Waals surface area contributed by atoms with E-state index < -0.39 is 0 Å². The van der Waals surface area contributed by atoms with Gasteiger partial charge in [-0.1, -0.05) is 18.3 Å². The van der Waals surface area contributed by atoms with Gasteiger partial charge in [0.15, 0.2) is 0 Å². The van der Waals surface area contributed by atoms with Crippen molar-refractivity contribution in [3.8, 4) is 0 Å². The number of halogens is 1. The van der Waals surface area contributed by atoms with E-state index in [1.165, 1.54) is 12.5 Å². The first kappa shape index (κ1) is 14.2. The summed E-state index contributed by atoms with van der Waals surface area (Å²) in [7, 11) is 4.17. The summed E-state index contributed by atoms with van der Waals surface area (Å²) in [5.41, 5.74) is 6.76. The van der Waals surface area contributed by atoms with Crippen molar-refractivity contribution < 1.29 is 4.39 Å². The van der Waals surface area contributed by atoms with E-state index in [1.54, 1.807) is 6.07 Å². The lowest BCUT2D eigenvalue weighted by Gasteiger charge is -2.47. The molecule has 2 rings (SSSR count). The van der Waals surface area contributed by atoms with E-state index in [2.05, 4.69) is 24.3 Å². The zero-order valence-electron chi connectivity index (χ0n) is 11.4. The molecule has 0 saturated heterocycles. The minimum absolute atomic E-state index is 0.0908. The average Bonchev–Trinajstić information content (AvgIpc) is 2.26. The third-order valence-electron chi connectivity index (χ3n) is 4.10. The fourth-order valence-electron chi connectivity index (χ4n) is 2.55. The lowest BCUT2D eigenvalue weighted by molar-refractivity contribution is 0.0739. The second kappa shape index (κ2) is 5.43. The molecule has 0 aliphatic heterocycles. The quantitative estimate of drug-likeness (QED) is 0.813. The first-order valence-corrected chi connectivity index (χ1v) is 6.87. The van der Waals surface area contributed by atoms with E-state index in [0.29, 0.717) is 11.3 Å². The summed E-state index contributed by atoms with van der Waals surface area (Å²) >= 11 is 4.93. The summed E-state index contributed by atoms with van der Waals surface area (Å²) in [6.45, 7) is 0.777. The number of rotatable bonds is 5. The van der Waals surface area contributed by atoms with E-state index >= 15 is 0 Å². The summed E-state index contributed by atoms with van der Waals surface area (Å²) in [5, 5.41) is 3.31. The van der Waals surface area contributed by atoms with Crippen LogP contribution in [0.25, 0.3) is 0 Å². The summed E-state index contributed by atoms with van der Waals surface area (Å²) in [6, 6.07) is 4.87. The van der Waals surface area contributed by atoms with Crippen molar-refractivity contribution in [2.75, 3.05) is 26.0 Å². The molecule has 1 fully saturated rings. The van der Waals surface area contributed by atoms with Gasteiger partial charge >= 0.3 is 0 Å². The van der Waals surface area contributed by atoms with E-state index in [4.69, 9.17) is 18.0 Å². The van der Waals surface area contributed by atoms with Crippen LogP contribution in [0.4, 0.5) is 10.1 Å². The smallest absolute Gasteiger partial charge is 0.135 e. The van der Waals surface area contributed by atoms with Crippen LogP contribution in [0.3, 0.4) is 0 Å². The Morgan fingerprint density at radius 3 is 2.63 bits per heavy atom. The number of nitrogens with two attached hydrogens (primary N) is 1. The topological polar surface area (TPSA) is 41.3 Å². The van der Waals surface area contributed by atoms with Crippen molar-refractivity contribution in [1.29, 1.82) is 0 Å². The fourth-order valence-corrected chi connectivity index (χ4v) is 2.76. The van der Waals surface area contributed by atoms with Crippen LogP contribution in [0.5, 0.6) is 0 Å². The molecule has 0 heterocycles. The highest BCUT2D eigenvalue weighted by atomic mass is 32.1. The molecule has 3 nitrogen and oxygen atoms in total. The summed E-state index contributed by atoms with van der Waals surface area (Å²) in [4.78, 5) is 2.33. The number of benzene rings is 1. The van der Waals surface area contributed by atoms with Crippen molar-refractivity contribution >= 4 is 22.9 Å². The number of hydrogen-bond acceptors (Lipinski definition) is 3. The predicted molar refractivity (Wildman–Crippen MR) is 81.0 cm³/mol. The highest BCUT2D eigenvalue weighted by Crippen LogP contribution is 2.36. The Bertz CT molecular complexity index is 484. The third-order valence-corrected chi connectivity index (χ3v) is 4.30. The monoisotopic (exact) mass is 281 g/mol. The van der Waals surface area contributed by atoms with Crippen molar-refractivity contribution in [2.45, 2.75) is 24.8 Å². The normalized spacial score (nSPS) is 17.1. The van der Waals surface area contributed by atoms with Crippen molar-refractivity contribution in [3.05, 3.63) is 29.6 Å². The first-order valence-electron chi connectivity index (χ1n) is 6.46. The van der Waals surface area contributed by atoms with Crippen LogP contribution in [0, 0.1) is 5.82 Å². The molecule has 1 aliphatic rings. The molecule has 1 aliphatic carbocycles. The minimum atomic E-state index is -0.370. The molecule has 1 saturated carbocycles. The number of hydrogen-bond donors (Lipinski definition) is 2. The predicted octanol–water partition coefficient (Wildman–Crippen LogP) is 2.36. The van der Waals surface area contributed by atoms with Crippen LogP contribution in [0.2, 0.25) is 0 Å². The maximum atomic E-state index is 13.8. The first-order chi connectivity index (χ1) is 8.96. The van der Waals surface area contributed by atoms with E-state index in [1.807, 2.05) is 6.07 Å². The molecule has 1 aromatic carbocycles. The largest absolute Gasteiger partial charge is 0.389 e. The highest BCUT2D eigenvalue weighted by molar-refractivity contribution is 7.80. The Hall–Kier alpha value is -1.20. The molecule has 104 valence electrons. The SMILES string of the molecule is CN(C)C1(CNc2cccc(F)c2C(N)=S)CCC1. The van der Waals surface area contributed by atoms with Gasteiger partial charge in [-0.2, -0.15) is 0 Å². The van der Waals surface area contributed by atoms with Gasteiger partial charge in [-0.15, -0.1) is 0 Å². The van der Waals surface area contributed by atoms with E-state index in [-0.39, 0.29) is 16.3 Å². The Kier molecular flexibility index (Phi) is 4.06. The van der Waals surface area contributed by atoms with Gasteiger partial charge in [0, 0.05) is 17.8 Å². The number of nitrogens with zero attached hydrogens (tertiary/aromatic N) is 1. The zero-order chi connectivity index (χ0) is 14.0. The van der Waals surface area contributed by atoms with E-state index in [9.17, 15) is 4.39 Å². The van der Waals surface area contributed by atoms with Crippen LogP contribution >= 0.6 is 12.2 Å². The van der Waals surface area contributed by atoms with Gasteiger partial charge in [-0.3, -0.25) is 0 Å². The van der Waals surface area contributed by atoms with Crippen molar-refractivity contribution in [2.24, 2.45) is 5.73 Å². The van der Waals surface area contributed by atoms with Gasteiger partial charge in [0.1, 0.15) is 10.8 Å². The van der Waals surface area contributed by atoms with Crippen molar-refractivity contribution in [1.82, 2.24) is 4.90 Å². The Morgan fingerprint density at radius 1 is 1.47 bits per heavy atom. The molecule has 19 heavy (non-hydrogen) atoms. The molecule has 0 amide bonds. The zero-order valence-corrected chi connectivity index (χ0v) is 12.2. The summed E-state index contributed by atoms with van der Waals surface area (Å²) in [6.07, 6.45) is 3.56. The summed E-state index contributed by atoms with van der Waals surface area (Å²) < 4.78 is 13.8. The lowest BCUT2D eigenvalue weighted by atomic mass is 9.75. The van der Waals surface area contributed by atoms with Gasteiger partial charge in [-0.05, 0) is 45.5 Å². The fraction of sp³-hybridized carbons (Fsp3) is 0.500. The molecule has 0 spiro atoms.